The van der Waals surface area contributed by atoms with Gasteiger partial charge in [0.05, 0.1) is 17.1 Å². The zero-order valence-electron chi connectivity index (χ0n) is 17.3. The molecule has 0 saturated heterocycles. The first kappa shape index (κ1) is 22.6. The summed E-state index contributed by atoms with van der Waals surface area (Å²) >= 11 is 0. The lowest BCUT2D eigenvalue weighted by molar-refractivity contribution is -0.123. The molecule has 0 aliphatic carbocycles. The second kappa shape index (κ2) is 9.38. The molecule has 1 heterocycles. The standard InChI is InChI=1S/C21H25N5O4S/c1-13(2)20(21(28)23-12-18-24-16(11-22)10-19(27)25-18)26-31(29,30)17-8-7-14-5-3-4-6-15(14)9-17/h3-10,13,20,26H,11-12,22H2,1-2H3,(H,23,28)(H,24,25,27). The number of aromatic amines is 1. The fourth-order valence-electron chi connectivity index (χ4n) is 3.09. The van der Waals surface area contributed by atoms with Gasteiger partial charge < -0.3 is 16.0 Å². The zero-order valence-corrected chi connectivity index (χ0v) is 18.1. The molecule has 0 spiro atoms. The van der Waals surface area contributed by atoms with Gasteiger partial charge in [0.2, 0.25) is 15.9 Å². The van der Waals surface area contributed by atoms with Gasteiger partial charge in [-0.1, -0.05) is 44.2 Å². The Hall–Kier alpha value is -3.08. The summed E-state index contributed by atoms with van der Waals surface area (Å²) in [5.41, 5.74) is 5.53. The van der Waals surface area contributed by atoms with E-state index >= 15 is 0 Å². The summed E-state index contributed by atoms with van der Waals surface area (Å²) in [6.07, 6.45) is 0. The van der Waals surface area contributed by atoms with E-state index in [4.69, 9.17) is 5.73 Å². The van der Waals surface area contributed by atoms with Crippen molar-refractivity contribution in [1.82, 2.24) is 20.0 Å². The molecule has 1 atom stereocenters. The molecule has 3 aromatic rings. The largest absolute Gasteiger partial charge is 0.347 e. The number of nitrogens with zero attached hydrogens (tertiary/aromatic N) is 1. The van der Waals surface area contributed by atoms with Crippen molar-refractivity contribution in [3.63, 3.8) is 0 Å². The number of rotatable bonds is 8. The van der Waals surface area contributed by atoms with Gasteiger partial charge in [-0.25, -0.2) is 13.4 Å². The van der Waals surface area contributed by atoms with Gasteiger partial charge in [0.25, 0.3) is 5.56 Å². The van der Waals surface area contributed by atoms with Crippen LogP contribution in [0.5, 0.6) is 0 Å². The minimum absolute atomic E-state index is 0.0666. The Morgan fingerprint density at radius 1 is 1.13 bits per heavy atom. The summed E-state index contributed by atoms with van der Waals surface area (Å²) in [5, 5.41) is 4.32. The van der Waals surface area contributed by atoms with E-state index in [0.29, 0.717) is 5.69 Å². The highest BCUT2D eigenvalue weighted by molar-refractivity contribution is 7.89. The van der Waals surface area contributed by atoms with Crippen molar-refractivity contribution in [2.75, 3.05) is 0 Å². The number of amides is 1. The summed E-state index contributed by atoms with van der Waals surface area (Å²) in [5.74, 6) is -0.612. The molecule has 9 nitrogen and oxygen atoms in total. The van der Waals surface area contributed by atoms with Crippen LogP contribution in [0, 0.1) is 5.92 Å². The molecule has 0 aliphatic rings. The van der Waals surface area contributed by atoms with Gasteiger partial charge in [0.1, 0.15) is 11.9 Å². The molecule has 164 valence electrons. The maximum atomic E-state index is 12.9. The zero-order chi connectivity index (χ0) is 22.6. The van der Waals surface area contributed by atoms with Gasteiger partial charge in [-0.3, -0.25) is 9.59 Å². The predicted octanol–water partition coefficient (Wildman–Crippen LogP) is 1.00. The summed E-state index contributed by atoms with van der Waals surface area (Å²) < 4.78 is 28.4. The van der Waals surface area contributed by atoms with Gasteiger partial charge in [0, 0.05) is 12.6 Å². The van der Waals surface area contributed by atoms with Crippen LogP contribution >= 0.6 is 0 Å². The molecule has 0 fully saturated rings. The third kappa shape index (κ3) is 5.54. The Kier molecular flexibility index (Phi) is 6.84. The average molecular weight is 444 g/mol. The number of nitrogens with two attached hydrogens (primary N) is 1. The van der Waals surface area contributed by atoms with Crippen molar-refractivity contribution < 1.29 is 13.2 Å². The van der Waals surface area contributed by atoms with E-state index in [2.05, 4.69) is 20.0 Å². The Labute approximate surface area is 180 Å². The predicted molar refractivity (Wildman–Crippen MR) is 117 cm³/mol. The molecule has 2 aromatic carbocycles. The number of aromatic nitrogens is 2. The van der Waals surface area contributed by atoms with Gasteiger partial charge in [-0.05, 0) is 28.8 Å². The molecule has 31 heavy (non-hydrogen) atoms. The van der Waals surface area contributed by atoms with E-state index in [1.807, 2.05) is 24.3 Å². The van der Waals surface area contributed by atoms with Crippen LogP contribution in [-0.4, -0.2) is 30.3 Å². The Morgan fingerprint density at radius 3 is 2.52 bits per heavy atom. The maximum absolute atomic E-state index is 12.9. The van der Waals surface area contributed by atoms with Gasteiger partial charge in [0.15, 0.2) is 0 Å². The number of H-pyrrole nitrogens is 1. The fourth-order valence-corrected chi connectivity index (χ4v) is 4.47. The summed E-state index contributed by atoms with van der Waals surface area (Å²) in [4.78, 5) is 31.1. The molecule has 1 amide bonds. The molecule has 1 unspecified atom stereocenters. The molecule has 5 N–H and O–H groups in total. The summed E-state index contributed by atoms with van der Waals surface area (Å²) in [6, 6.07) is 12.5. The molecule has 0 aliphatic heterocycles. The first-order valence-corrected chi connectivity index (χ1v) is 11.3. The molecular formula is C21H25N5O4S. The van der Waals surface area contributed by atoms with Gasteiger partial charge in [-0.2, -0.15) is 4.72 Å². The van der Waals surface area contributed by atoms with Crippen molar-refractivity contribution in [3.05, 3.63) is 70.4 Å². The van der Waals surface area contributed by atoms with E-state index < -0.39 is 22.0 Å². The molecule has 3 rings (SSSR count). The molecule has 0 saturated carbocycles. The normalized spacial score (nSPS) is 12.8. The molecule has 0 radical (unpaired) electrons. The minimum Gasteiger partial charge on any atom is -0.347 e. The minimum atomic E-state index is -3.94. The smallest absolute Gasteiger partial charge is 0.251 e. The van der Waals surface area contributed by atoms with Crippen LogP contribution in [0.15, 0.2) is 58.2 Å². The highest BCUT2D eigenvalue weighted by atomic mass is 32.2. The second-order valence-corrected chi connectivity index (χ2v) is 9.17. The first-order chi connectivity index (χ1) is 14.7. The summed E-state index contributed by atoms with van der Waals surface area (Å²) in [6.45, 7) is 3.50. The maximum Gasteiger partial charge on any atom is 0.251 e. The third-order valence-corrected chi connectivity index (χ3v) is 6.18. The molecule has 1 aromatic heterocycles. The first-order valence-electron chi connectivity index (χ1n) is 9.77. The average Bonchev–Trinajstić information content (AvgIpc) is 2.74. The Morgan fingerprint density at radius 2 is 1.84 bits per heavy atom. The number of fused-ring (bicyclic) bond motifs is 1. The number of hydrogen-bond acceptors (Lipinski definition) is 6. The number of hydrogen-bond donors (Lipinski definition) is 4. The fraction of sp³-hybridized carbons (Fsp3) is 0.286. The van der Waals surface area contributed by atoms with Crippen LogP contribution < -0.4 is 21.3 Å². The summed E-state index contributed by atoms with van der Waals surface area (Å²) in [7, 11) is -3.94. The lowest BCUT2D eigenvalue weighted by Gasteiger charge is -2.21. The SMILES string of the molecule is CC(C)C(NS(=O)(=O)c1ccc2ccccc2c1)C(=O)NCc1nc(CN)cc(=O)[nH]1. The van der Waals surface area contributed by atoms with Crippen molar-refractivity contribution in [3.8, 4) is 0 Å². The van der Waals surface area contributed by atoms with Crippen LogP contribution in [0.25, 0.3) is 10.8 Å². The number of carbonyl (C=O) groups is 1. The number of benzene rings is 2. The highest BCUT2D eigenvalue weighted by Crippen LogP contribution is 2.19. The van der Waals surface area contributed by atoms with E-state index in [9.17, 15) is 18.0 Å². The van der Waals surface area contributed by atoms with Gasteiger partial charge >= 0.3 is 0 Å². The van der Waals surface area contributed by atoms with Crippen molar-refractivity contribution >= 4 is 26.7 Å². The van der Waals surface area contributed by atoms with Crippen molar-refractivity contribution in [2.24, 2.45) is 11.7 Å². The van der Waals surface area contributed by atoms with Crippen LogP contribution in [0.3, 0.4) is 0 Å². The number of nitrogens with one attached hydrogen (secondary N) is 3. The third-order valence-electron chi connectivity index (χ3n) is 4.75. The molecule has 10 heteroatoms. The Bertz CT molecular complexity index is 1250. The van der Waals surface area contributed by atoms with E-state index in [1.165, 1.54) is 12.1 Å². The lowest BCUT2D eigenvalue weighted by Crippen LogP contribution is -2.49. The highest BCUT2D eigenvalue weighted by Gasteiger charge is 2.28. The Balaban J connectivity index is 1.76. The molecule has 0 bridgehead atoms. The number of carbonyl (C=O) groups excluding carboxylic acids is 1. The molecular weight excluding hydrogens is 418 g/mol. The van der Waals surface area contributed by atoms with E-state index in [-0.39, 0.29) is 35.3 Å². The van der Waals surface area contributed by atoms with Crippen LogP contribution in [0.4, 0.5) is 0 Å². The van der Waals surface area contributed by atoms with E-state index in [1.54, 1.807) is 26.0 Å². The van der Waals surface area contributed by atoms with Crippen molar-refractivity contribution in [1.29, 1.82) is 0 Å². The van der Waals surface area contributed by atoms with Crippen LogP contribution in [0.1, 0.15) is 25.4 Å². The van der Waals surface area contributed by atoms with E-state index in [0.717, 1.165) is 10.8 Å². The topological polar surface area (TPSA) is 147 Å². The van der Waals surface area contributed by atoms with Crippen LogP contribution in [0.2, 0.25) is 0 Å². The number of sulfonamides is 1. The van der Waals surface area contributed by atoms with Gasteiger partial charge in [-0.15, -0.1) is 0 Å². The monoisotopic (exact) mass is 443 g/mol. The van der Waals surface area contributed by atoms with Crippen molar-refractivity contribution in [2.45, 2.75) is 37.9 Å². The quantitative estimate of drug-likeness (QED) is 0.408. The lowest BCUT2D eigenvalue weighted by atomic mass is 10.1. The second-order valence-electron chi connectivity index (χ2n) is 7.46. The van der Waals surface area contributed by atoms with Crippen LogP contribution in [-0.2, 0) is 27.9 Å².